The second-order valence-electron chi connectivity index (χ2n) is 9.75. The summed E-state index contributed by atoms with van der Waals surface area (Å²) in [5, 5.41) is 15.6. The fourth-order valence-corrected chi connectivity index (χ4v) is 5.57. The van der Waals surface area contributed by atoms with Crippen LogP contribution in [0.4, 0.5) is 5.82 Å². The Balaban J connectivity index is 1.18. The molecular formula is C29H25Cl2N3O3. The van der Waals surface area contributed by atoms with Crippen LogP contribution in [-0.4, -0.2) is 34.3 Å². The third-order valence-electron chi connectivity index (χ3n) is 7.22. The number of carbonyl (C=O) groups is 1. The number of piperidine rings is 1. The van der Waals surface area contributed by atoms with E-state index in [9.17, 15) is 9.90 Å². The molecule has 0 amide bonds. The summed E-state index contributed by atoms with van der Waals surface area (Å²) in [6.45, 7) is 1.78. The predicted molar refractivity (Wildman–Crippen MR) is 147 cm³/mol. The third-order valence-corrected chi connectivity index (χ3v) is 7.85. The SMILES string of the molecule is O=C(O)c1ccc2nc(N3CCC(C=Cc4c(-c5c(Cl)cccc5Cl)noc4C4CC4)CC3)ccc2c1. The van der Waals surface area contributed by atoms with Crippen LogP contribution in [0.3, 0.4) is 0 Å². The van der Waals surface area contributed by atoms with Crippen LogP contribution >= 0.6 is 23.2 Å². The highest BCUT2D eigenvalue weighted by molar-refractivity contribution is 6.39. The highest BCUT2D eigenvalue weighted by Crippen LogP contribution is 2.46. The summed E-state index contributed by atoms with van der Waals surface area (Å²) >= 11 is 13.0. The Hall–Kier alpha value is -3.35. The van der Waals surface area contributed by atoms with Crippen molar-refractivity contribution >= 4 is 52.0 Å². The first-order valence-electron chi connectivity index (χ1n) is 12.5. The molecule has 0 spiro atoms. The maximum atomic E-state index is 11.2. The van der Waals surface area contributed by atoms with E-state index in [-0.39, 0.29) is 5.56 Å². The molecule has 3 heterocycles. The lowest BCUT2D eigenvalue weighted by atomic mass is 9.94. The van der Waals surface area contributed by atoms with E-state index in [4.69, 9.17) is 32.7 Å². The van der Waals surface area contributed by atoms with Gasteiger partial charge in [-0.1, -0.05) is 46.6 Å². The van der Waals surface area contributed by atoms with Gasteiger partial charge in [0.1, 0.15) is 17.3 Å². The van der Waals surface area contributed by atoms with Crippen LogP contribution in [0.25, 0.3) is 28.2 Å². The number of hydrogen-bond donors (Lipinski definition) is 1. The standard InChI is InChI=1S/C29H25Cl2N3O3/c30-22-2-1-3-23(31)26(22)27-21(28(37-33-27)18-5-6-18)9-4-17-12-14-34(15-13-17)25-11-8-19-16-20(29(35)36)7-10-24(19)32-25/h1-4,7-11,16-18H,5-6,12-15H2,(H,35,36). The largest absolute Gasteiger partial charge is 0.478 e. The molecular weight excluding hydrogens is 509 g/mol. The molecule has 6 rings (SSSR count). The monoisotopic (exact) mass is 533 g/mol. The summed E-state index contributed by atoms with van der Waals surface area (Å²) in [6.07, 6.45) is 8.64. The summed E-state index contributed by atoms with van der Waals surface area (Å²) in [5.74, 6) is 1.74. The third kappa shape index (κ3) is 4.83. The Morgan fingerprint density at radius 1 is 1.03 bits per heavy atom. The minimum absolute atomic E-state index is 0.271. The Morgan fingerprint density at radius 2 is 1.78 bits per heavy atom. The van der Waals surface area contributed by atoms with Gasteiger partial charge < -0.3 is 14.5 Å². The van der Waals surface area contributed by atoms with E-state index in [1.807, 2.05) is 30.3 Å². The van der Waals surface area contributed by atoms with E-state index in [1.165, 1.54) is 0 Å². The van der Waals surface area contributed by atoms with Crippen LogP contribution in [0.2, 0.25) is 10.0 Å². The molecule has 8 heteroatoms. The molecule has 188 valence electrons. The smallest absolute Gasteiger partial charge is 0.335 e. The maximum Gasteiger partial charge on any atom is 0.335 e. The number of rotatable bonds is 6. The van der Waals surface area contributed by atoms with Gasteiger partial charge in [-0.3, -0.25) is 0 Å². The van der Waals surface area contributed by atoms with Crippen LogP contribution in [0.15, 0.2) is 59.1 Å². The summed E-state index contributed by atoms with van der Waals surface area (Å²) in [6, 6.07) is 14.4. The molecule has 6 nitrogen and oxygen atoms in total. The van der Waals surface area contributed by atoms with Gasteiger partial charge in [-0.15, -0.1) is 0 Å². The molecule has 2 aliphatic rings. The minimum atomic E-state index is -0.932. The number of benzene rings is 2. The van der Waals surface area contributed by atoms with E-state index in [0.29, 0.717) is 33.1 Å². The molecule has 37 heavy (non-hydrogen) atoms. The van der Waals surface area contributed by atoms with Gasteiger partial charge in [0.05, 0.1) is 21.1 Å². The zero-order valence-electron chi connectivity index (χ0n) is 20.0. The Bertz CT molecular complexity index is 1500. The molecule has 0 atom stereocenters. The van der Waals surface area contributed by atoms with Crippen LogP contribution in [-0.2, 0) is 0 Å². The zero-order chi connectivity index (χ0) is 25.5. The number of hydrogen-bond acceptors (Lipinski definition) is 5. The van der Waals surface area contributed by atoms with Crippen molar-refractivity contribution in [1.29, 1.82) is 0 Å². The Morgan fingerprint density at radius 3 is 2.49 bits per heavy atom. The van der Waals surface area contributed by atoms with E-state index in [0.717, 1.165) is 66.8 Å². The topological polar surface area (TPSA) is 79.5 Å². The molecule has 0 unspecified atom stereocenters. The number of anilines is 1. The van der Waals surface area contributed by atoms with Crippen LogP contribution in [0, 0.1) is 5.92 Å². The number of allylic oxidation sites excluding steroid dienone is 1. The van der Waals surface area contributed by atoms with E-state index >= 15 is 0 Å². The fourth-order valence-electron chi connectivity index (χ4n) is 4.99. The molecule has 4 aromatic rings. The minimum Gasteiger partial charge on any atom is -0.478 e. The number of halogens is 2. The normalized spacial score (nSPS) is 16.6. The molecule has 1 saturated carbocycles. The van der Waals surface area contributed by atoms with Crippen molar-refractivity contribution in [3.05, 3.63) is 81.5 Å². The van der Waals surface area contributed by atoms with Gasteiger partial charge >= 0.3 is 5.97 Å². The van der Waals surface area contributed by atoms with E-state index in [1.54, 1.807) is 18.2 Å². The first-order chi connectivity index (χ1) is 18.0. The number of pyridine rings is 1. The summed E-state index contributed by atoms with van der Waals surface area (Å²) in [7, 11) is 0. The first kappa shape index (κ1) is 24.0. The molecule has 1 N–H and O–H groups in total. The van der Waals surface area contributed by atoms with Gasteiger partial charge in [-0.05, 0) is 74.1 Å². The van der Waals surface area contributed by atoms with Crippen LogP contribution < -0.4 is 4.90 Å². The van der Waals surface area contributed by atoms with Crippen molar-refractivity contribution in [1.82, 2.24) is 10.1 Å². The van der Waals surface area contributed by atoms with Crippen molar-refractivity contribution in [3.63, 3.8) is 0 Å². The van der Waals surface area contributed by atoms with E-state index in [2.05, 4.69) is 22.2 Å². The van der Waals surface area contributed by atoms with Crippen LogP contribution in [0.5, 0.6) is 0 Å². The van der Waals surface area contributed by atoms with Gasteiger partial charge in [0.2, 0.25) is 0 Å². The highest BCUT2D eigenvalue weighted by atomic mass is 35.5. The summed E-state index contributed by atoms with van der Waals surface area (Å²) in [5.41, 5.74) is 3.48. The molecule has 2 aromatic carbocycles. The van der Waals surface area contributed by atoms with Gasteiger partial charge in [0.25, 0.3) is 0 Å². The van der Waals surface area contributed by atoms with Crippen molar-refractivity contribution in [2.45, 2.75) is 31.6 Å². The molecule has 0 bridgehead atoms. The summed E-state index contributed by atoms with van der Waals surface area (Å²) < 4.78 is 5.79. The van der Waals surface area contributed by atoms with E-state index < -0.39 is 5.97 Å². The summed E-state index contributed by atoms with van der Waals surface area (Å²) in [4.78, 5) is 18.3. The zero-order valence-corrected chi connectivity index (χ0v) is 21.5. The van der Waals surface area contributed by atoms with Gasteiger partial charge in [0.15, 0.2) is 0 Å². The van der Waals surface area contributed by atoms with Crippen molar-refractivity contribution < 1.29 is 14.4 Å². The first-order valence-corrected chi connectivity index (χ1v) is 13.2. The molecule has 2 aromatic heterocycles. The molecule has 2 fully saturated rings. The molecule has 1 aliphatic heterocycles. The highest BCUT2D eigenvalue weighted by Gasteiger charge is 2.32. The quantitative estimate of drug-likeness (QED) is 0.273. The second kappa shape index (κ2) is 9.84. The Labute approximate surface area is 224 Å². The lowest BCUT2D eigenvalue weighted by Gasteiger charge is -2.31. The van der Waals surface area contributed by atoms with Gasteiger partial charge in [-0.25, -0.2) is 9.78 Å². The number of carboxylic acids is 1. The fraction of sp³-hybridized carbons (Fsp3) is 0.276. The molecule has 0 radical (unpaired) electrons. The lowest BCUT2D eigenvalue weighted by molar-refractivity contribution is 0.0697. The number of carboxylic acid groups (broad SMARTS) is 1. The average Bonchev–Trinajstić information content (AvgIpc) is 3.67. The van der Waals surface area contributed by atoms with Gasteiger partial charge in [-0.2, -0.15) is 0 Å². The maximum absolute atomic E-state index is 11.2. The average molecular weight is 534 g/mol. The number of fused-ring (bicyclic) bond motifs is 1. The number of aromatic nitrogens is 2. The lowest BCUT2D eigenvalue weighted by Crippen LogP contribution is -2.33. The van der Waals surface area contributed by atoms with Crippen molar-refractivity contribution in [3.8, 4) is 11.3 Å². The van der Waals surface area contributed by atoms with Gasteiger partial charge in [0, 0.05) is 35.5 Å². The van der Waals surface area contributed by atoms with Crippen molar-refractivity contribution in [2.24, 2.45) is 5.92 Å². The van der Waals surface area contributed by atoms with Crippen molar-refractivity contribution in [2.75, 3.05) is 18.0 Å². The number of aromatic carboxylic acids is 1. The predicted octanol–water partition coefficient (Wildman–Crippen LogP) is 7.70. The number of nitrogens with zero attached hydrogens (tertiary/aromatic N) is 3. The second-order valence-corrected chi connectivity index (χ2v) is 10.6. The molecule has 1 aliphatic carbocycles. The Kier molecular flexibility index (Phi) is 6.39. The van der Waals surface area contributed by atoms with Crippen LogP contribution in [0.1, 0.15) is 53.3 Å². The molecule has 1 saturated heterocycles.